The summed E-state index contributed by atoms with van der Waals surface area (Å²) in [6.45, 7) is 3.51. The van der Waals surface area contributed by atoms with E-state index in [1.54, 1.807) is 0 Å². The van der Waals surface area contributed by atoms with Crippen LogP contribution in [-0.2, 0) is 14.3 Å². The normalized spacial score (nSPS) is 23.4. The van der Waals surface area contributed by atoms with Crippen molar-refractivity contribution in [3.63, 3.8) is 0 Å². The lowest BCUT2D eigenvalue weighted by Crippen LogP contribution is -2.44. The van der Waals surface area contributed by atoms with Gasteiger partial charge in [0.05, 0.1) is 0 Å². The molecule has 1 fully saturated rings. The Bertz CT molecular complexity index is 899. The predicted molar refractivity (Wildman–Crippen MR) is 142 cm³/mol. The summed E-state index contributed by atoms with van der Waals surface area (Å²) in [5.41, 5.74) is -2.73. The van der Waals surface area contributed by atoms with Gasteiger partial charge in [-0.1, -0.05) is 96.8 Å². The molecule has 0 aliphatic carbocycles. The second-order valence-electron chi connectivity index (χ2n) is 10.6. The molecule has 9 heteroatoms. The number of aliphatic hydroxyl groups excluding tert-OH is 2. The van der Waals surface area contributed by atoms with Crippen LogP contribution < -0.4 is 11.2 Å². The first kappa shape index (κ1) is 31.2. The van der Waals surface area contributed by atoms with E-state index in [0.29, 0.717) is 0 Å². The van der Waals surface area contributed by atoms with E-state index in [4.69, 9.17) is 9.47 Å². The minimum Gasteiger partial charge on any atom is -0.462 e. The van der Waals surface area contributed by atoms with Crippen LogP contribution in [0.5, 0.6) is 0 Å². The molecule has 4 atom stereocenters. The fraction of sp³-hybridized carbons (Fsp3) is 0.821. The first-order chi connectivity index (χ1) is 17.8. The predicted octanol–water partition coefficient (Wildman–Crippen LogP) is 4.35. The average Bonchev–Trinajstić information content (AvgIpc) is 3.09. The topological polar surface area (TPSA) is 131 Å². The summed E-state index contributed by atoms with van der Waals surface area (Å²) in [6.07, 6.45) is 16.2. The molecule has 1 aliphatic rings. The Morgan fingerprint density at radius 3 is 1.97 bits per heavy atom. The maximum Gasteiger partial charge on any atom is 0.330 e. The first-order valence-electron chi connectivity index (χ1n) is 14.3. The van der Waals surface area contributed by atoms with Crippen molar-refractivity contribution in [1.82, 2.24) is 9.55 Å². The Labute approximate surface area is 220 Å². The monoisotopic (exact) mass is 524 g/mol. The van der Waals surface area contributed by atoms with E-state index in [0.717, 1.165) is 29.9 Å². The number of aromatic amines is 1. The van der Waals surface area contributed by atoms with Crippen LogP contribution in [-0.4, -0.2) is 50.1 Å². The van der Waals surface area contributed by atoms with Crippen molar-refractivity contribution in [2.75, 3.05) is 6.61 Å². The van der Waals surface area contributed by atoms with Crippen LogP contribution in [0.2, 0.25) is 0 Å². The summed E-state index contributed by atoms with van der Waals surface area (Å²) in [6, 6.07) is 1.12. The number of aliphatic hydroxyl groups is 2. The van der Waals surface area contributed by atoms with Gasteiger partial charge < -0.3 is 19.7 Å². The summed E-state index contributed by atoms with van der Waals surface area (Å²) in [5.74, 6) is -0.383. The van der Waals surface area contributed by atoms with E-state index < -0.39 is 35.3 Å². The molecule has 9 nitrogen and oxygen atoms in total. The summed E-state index contributed by atoms with van der Waals surface area (Å²) in [7, 11) is 0. The van der Waals surface area contributed by atoms with Crippen molar-refractivity contribution in [2.45, 2.75) is 141 Å². The zero-order chi connectivity index (χ0) is 27.1. The zero-order valence-corrected chi connectivity index (χ0v) is 22.8. The highest BCUT2D eigenvalue weighted by atomic mass is 16.6. The van der Waals surface area contributed by atoms with E-state index in [2.05, 4.69) is 11.9 Å². The number of esters is 1. The second kappa shape index (κ2) is 16.8. The van der Waals surface area contributed by atoms with Crippen molar-refractivity contribution >= 4 is 5.97 Å². The Morgan fingerprint density at radius 2 is 1.46 bits per heavy atom. The summed E-state index contributed by atoms with van der Waals surface area (Å²) in [4.78, 5) is 37.6. The number of nitrogens with zero attached hydrogens (tertiary/aromatic N) is 1. The first-order valence-corrected chi connectivity index (χ1v) is 14.3. The third-order valence-electron chi connectivity index (χ3n) is 7.26. The molecule has 212 valence electrons. The molecule has 2 rings (SSSR count). The third kappa shape index (κ3) is 10.7. The lowest BCUT2D eigenvalue weighted by molar-refractivity contribution is -0.163. The van der Waals surface area contributed by atoms with Gasteiger partial charge in [0.25, 0.3) is 5.56 Å². The van der Waals surface area contributed by atoms with Crippen LogP contribution in [0, 0.1) is 0 Å². The van der Waals surface area contributed by atoms with Crippen LogP contribution in [0.15, 0.2) is 21.9 Å². The standard InChI is InChI=1S/C28H48N2O7/c1-3-4-5-6-7-8-9-10-11-12-13-14-15-16-17-18-23(32)36-21-28(2)25(34)24(33)26(37-28)30-20-19-22(31)29-27(30)35/h19-20,24-26,33-34H,3-18,21H2,1-2H3,(H,29,31,35)/t24-,25+,26-,28-/m1/s1. The number of H-pyrrole nitrogens is 1. The Morgan fingerprint density at radius 1 is 0.946 bits per heavy atom. The Balaban J connectivity index is 1.53. The molecule has 0 saturated carbocycles. The van der Waals surface area contributed by atoms with Crippen molar-refractivity contribution in [3.05, 3.63) is 33.1 Å². The lowest BCUT2D eigenvalue weighted by Gasteiger charge is -2.26. The van der Waals surface area contributed by atoms with Crippen molar-refractivity contribution in [2.24, 2.45) is 0 Å². The number of hydrogen-bond donors (Lipinski definition) is 3. The van der Waals surface area contributed by atoms with Crippen molar-refractivity contribution in [3.8, 4) is 0 Å². The van der Waals surface area contributed by atoms with E-state index in [-0.39, 0.29) is 19.0 Å². The van der Waals surface area contributed by atoms with Crippen LogP contribution in [0.1, 0.15) is 123 Å². The number of rotatable bonds is 19. The van der Waals surface area contributed by atoms with E-state index in [9.17, 15) is 24.6 Å². The fourth-order valence-electron chi connectivity index (χ4n) is 4.84. The van der Waals surface area contributed by atoms with Gasteiger partial charge in [0.15, 0.2) is 6.23 Å². The molecule has 0 unspecified atom stereocenters. The van der Waals surface area contributed by atoms with Gasteiger partial charge in [0.1, 0.15) is 24.4 Å². The van der Waals surface area contributed by atoms with Gasteiger partial charge in [-0.05, 0) is 13.3 Å². The molecule has 0 spiro atoms. The molecule has 0 bridgehead atoms. The zero-order valence-electron chi connectivity index (χ0n) is 22.8. The molecular weight excluding hydrogens is 476 g/mol. The molecule has 1 aromatic rings. The van der Waals surface area contributed by atoms with Gasteiger partial charge in [0.2, 0.25) is 0 Å². The molecule has 0 radical (unpaired) electrons. The molecule has 0 amide bonds. The highest BCUT2D eigenvalue weighted by Gasteiger charge is 2.53. The average molecular weight is 525 g/mol. The van der Waals surface area contributed by atoms with E-state index in [1.807, 2.05) is 0 Å². The molecular formula is C28H48N2O7. The molecule has 1 saturated heterocycles. The van der Waals surface area contributed by atoms with Gasteiger partial charge in [-0.25, -0.2) is 4.79 Å². The number of carbonyl (C=O) groups excluding carboxylic acids is 1. The van der Waals surface area contributed by atoms with Gasteiger partial charge in [-0.15, -0.1) is 0 Å². The Hall–Kier alpha value is -1.97. The van der Waals surface area contributed by atoms with E-state index >= 15 is 0 Å². The highest BCUT2D eigenvalue weighted by Crippen LogP contribution is 2.36. The molecule has 0 aromatic carbocycles. The number of aromatic nitrogens is 2. The quantitative estimate of drug-likeness (QED) is 0.181. The summed E-state index contributed by atoms with van der Waals surface area (Å²) < 4.78 is 12.0. The maximum atomic E-state index is 12.2. The third-order valence-corrected chi connectivity index (χ3v) is 7.26. The van der Waals surface area contributed by atoms with Crippen LogP contribution in [0.4, 0.5) is 0 Å². The van der Waals surface area contributed by atoms with Gasteiger partial charge in [-0.2, -0.15) is 0 Å². The van der Waals surface area contributed by atoms with Crippen LogP contribution >= 0.6 is 0 Å². The number of carbonyl (C=O) groups is 1. The summed E-state index contributed by atoms with van der Waals surface area (Å²) in [5, 5.41) is 20.9. The molecule has 1 aromatic heterocycles. The fourth-order valence-corrected chi connectivity index (χ4v) is 4.84. The molecule has 2 heterocycles. The van der Waals surface area contributed by atoms with E-state index in [1.165, 1.54) is 90.2 Å². The lowest BCUT2D eigenvalue weighted by atomic mass is 9.98. The van der Waals surface area contributed by atoms with Gasteiger partial charge in [0, 0.05) is 18.7 Å². The minimum atomic E-state index is -1.43. The largest absolute Gasteiger partial charge is 0.462 e. The van der Waals surface area contributed by atoms with Gasteiger partial charge in [-0.3, -0.25) is 19.1 Å². The van der Waals surface area contributed by atoms with Crippen molar-refractivity contribution in [1.29, 1.82) is 0 Å². The number of nitrogens with one attached hydrogen (secondary N) is 1. The SMILES string of the molecule is CCCCCCCCCCCCCCCCCC(=O)OC[C@@]1(C)O[C@@H](n2ccc(=O)[nH]c2=O)[C@H](O)[C@@H]1O. The summed E-state index contributed by atoms with van der Waals surface area (Å²) >= 11 is 0. The van der Waals surface area contributed by atoms with Gasteiger partial charge >= 0.3 is 11.7 Å². The minimum absolute atomic E-state index is 0.253. The van der Waals surface area contributed by atoms with Crippen molar-refractivity contribution < 1.29 is 24.5 Å². The molecule has 37 heavy (non-hydrogen) atoms. The number of ether oxygens (including phenoxy) is 2. The number of unbranched alkanes of at least 4 members (excludes halogenated alkanes) is 14. The number of hydrogen-bond acceptors (Lipinski definition) is 7. The molecule has 3 N–H and O–H groups in total. The van der Waals surface area contributed by atoms with Crippen LogP contribution in [0.25, 0.3) is 0 Å². The molecule has 1 aliphatic heterocycles. The maximum absolute atomic E-state index is 12.2. The van der Waals surface area contributed by atoms with Crippen LogP contribution in [0.3, 0.4) is 0 Å². The highest BCUT2D eigenvalue weighted by molar-refractivity contribution is 5.69. The smallest absolute Gasteiger partial charge is 0.330 e. The Kier molecular flexibility index (Phi) is 14.2. The second-order valence-corrected chi connectivity index (χ2v) is 10.6.